The number of nitrogens with zero attached hydrogens (tertiary/aromatic N) is 4. The fourth-order valence-electron chi connectivity index (χ4n) is 8.96. The van der Waals surface area contributed by atoms with E-state index in [4.69, 9.17) is 23.4 Å². The van der Waals surface area contributed by atoms with Crippen LogP contribution in [0.1, 0.15) is 73.3 Å². The minimum Gasteiger partial charge on any atom is -0.510 e. The number of hydrogen-bond donors (Lipinski definition) is 0. The summed E-state index contributed by atoms with van der Waals surface area (Å²) in [4.78, 5) is 4.86. The van der Waals surface area contributed by atoms with Crippen molar-refractivity contribution >= 4 is 32.8 Å². The van der Waals surface area contributed by atoms with E-state index in [0.717, 1.165) is 33.0 Å². The first kappa shape index (κ1) is 33.2. The van der Waals surface area contributed by atoms with Gasteiger partial charge in [0.05, 0.1) is 30.4 Å². The van der Waals surface area contributed by atoms with Crippen LogP contribution < -0.4 is 9.30 Å². The van der Waals surface area contributed by atoms with Crippen molar-refractivity contribution in [1.29, 1.82) is 0 Å². The number of pyridine rings is 1. The first-order valence-corrected chi connectivity index (χ1v) is 22.4. The van der Waals surface area contributed by atoms with Crippen molar-refractivity contribution in [2.45, 2.75) is 58.7 Å². The predicted octanol–water partition coefficient (Wildman–Crippen LogP) is 15.0. The molecular weight excluding hydrogens is 1020 g/mol. The Bertz CT molecular complexity index is 4210. The molecule has 0 amide bonds. The van der Waals surface area contributed by atoms with Crippen LogP contribution in [0.25, 0.3) is 72.3 Å². The number of aryl methyl sites for hydroxylation is 1. The maximum Gasteiger partial charge on any atom is 0.268 e. The maximum atomic E-state index is 9.58. The minimum atomic E-state index is -1.82. The van der Waals surface area contributed by atoms with Crippen LogP contribution in [0, 0.1) is 25.4 Å². The molecule has 0 fully saturated rings. The summed E-state index contributed by atoms with van der Waals surface area (Å²) in [6, 6.07) is 40.6. The maximum absolute atomic E-state index is 9.58. The summed E-state index contributed by atoms with van der Waals surface area (Å²) >= 11 is 0. The zero-order valence-corrected chi connectivity index (χ0v) is 41.0. The Hall–Kier alpha value is -7.33. The molecular formula is C63H52N4OPt-2. The largest absolute Gasteiger partial charge is 0.510 e. The van der Waals surface area contributed by atoms with Gasteiger partial charge in [0, 0.05) is 47.0 Å². The second-order valence-electron chi connectivity index (χ2n) is 18.3. The van der Waals surface area contributed by atoms with Gasteiger partial charge in [-0.25, -0.2) is 4.98 Å². The van der Waals surface area contributed by atoms with Crippen LogP contribution in [0.2, 0.25) is 0 Å². The van der Waals surface area contributed by atoms with Gasteiger partial charge in [0.25, 0.3) is 6.33 Å². The van der Waals surface area contributed by atoms with Crippen LogP contribution in [-0.4, -0.2) is 14.1 Å². The van der Waals surface area contributed by atoms with E-state index in [0.29, 0.717) is 45.1 Å². The molecule has 0 aliphatic rings. The topological polar surface area (TPSA) is 35.9 Å². The van der Waals surface area contributed by atoms with Crippen LogP contribution in [0.15, 0.2) is 194 Å². The predicted molar refractivity (Wildman–Crippen MR) is 277 cm³/mol. The second kappa shape index (κ2) is 18.3. The Morgan fingerprint density at radius 1 is 0.652 bits per heavy atom. The van der Waals surface area contributed by atoms with Gasteiger partial charge in [-0.3, -0.25) is 4.57 Å². The Morgan fingerprint density at radius 3 is 2.04 bits per heavy atom. The molecule has 0 N–H and O–H groups in total. The fraction of sp³-hybridized carbons (Fsp3) is 0.143. The number of hydrogen-bond acceptors (Lipinski definition) is 2. The number of para-hydroxylation sites is 2. The Morgan fingerprint density at radius 2 is 1.33 bits per heavy atom. The Labute approximate surface area is 436 Å². The van der Waals surface area contributed by atoms with E-state index in [2.05, 4.69) is 57.4 Å². The van der Waals surface area contributed by atoms with Crippen LogP contribution in [0.4, 0.5) is 0 Å². The number of fused-ring (bicyclic) bond motifs is 4. The van der Waals surface area contributed by atoms with Gasteiger partial charge in [-0.05, 0) is 97.9 Å². The molecule has 3 heterocycles. The molecule has 0 saturated carbocycles. The molecule has 0 radical (unpaired) electrons. The molecule has 0 aliphatic heterocycles. The van der Waals surface area contributed by atoms with E-state index in [1.54, 1.807) is 57.8 Å². The summed E-state index contributed by atoms with van der Waals surface area (Å²) in [6.45, 7) is 12.2. The van der Waals surface area contributed by atoms with Crippen molar-refractivity contribution in [2.75, 3.05) is 0 Å². The molecule has 342 valence electrons. The molecule has 0 unspecified atom stereocenters. The van der Waals surface area contributed by atoms with Gasteiger partial charge in [-0.15, -0.1) is 29.7 Å². The zero-order valence-electron chi connectivity index (χ0n) is 50.7. The number of rotatable bonds is 10. The molecule has 5 nitrogen and oxygen atoms in total. The molecule has 0 aliphatic carbocycles. The first-order valence-electron chi connectivity index (χ1n) is 28.4. The van der Waals surface area contributed by atoms with E-state index in [-0.39, 0.29) is 54.4 Å². The van der Waals surface area contributed by atoms with Crippen LogP contribution in [-0.2, 0) is 38.3 Å². The number of ether oxygens (including phenoxy) is 1. The van der Waals surface area contributed by atoms with Crippen LogP contribution in [0.3, 0.4) is 0 Å². The van der Waals surface area contributed by atoms with E-state index in [9.17, 15) is 2.74 Å². The average Bonchev–Trinajstić information content (AvgIpc) is 4.26. The van der Waals surface area contributed by atoms with Gasteiger partial charge >= 0.3 is 0 Å². The average molecular weight is 1090 g/mol. The van der Waals surface area contributed by atoms with Crippen LogP contribution in [0.5, 0.6) is 11.5 Å². The van der Waals surface area contributed by atoms with Crippen molar-refractivity contribution < 1.29 is 46.8 Å². The Balaban J connectivity index is 0.00000736. The van der Waals surface area contributed by atoms with Crippen LogP contribution >= 0.6 is 0 Å². The number of benzene rings is 8. The number of aromatic nitrogens is 4. The third-order valence-electron chi connectivity index (χ3n) is 12.3. The minimum absolute atomic E-state index is 0. The molecule has 11 aromatic rings. The zero-order chi connectivity index (χ0) is 57.1. The summed E-state index contributed by atoms with van der Waals surface area (Å²) in [5.74, 6) is 1.16. The summed E-state index contributed by atoms with van der Waals surface area (Å²) in [6.07, 6.45) is 3.27. The second-order valence-corrected chi connectivity index (χ2v) is 18.3. The van der Waals surface area contributed by atoms with E-state index in [1.165, 1.54) is 0 Å². The molecule has 0 saturated heterocycles. The first-order chi connectivity index (χ1) is 37.9. The molecule has 6 heteroatoms. The Kier molecular flexibility index (Phi) is 8.80. The van der Waals surface area contributed by atoms with E-state index < -0.39 is 72.2 Å². The van der Waals surface area contributed by atoms with Gasteiger partial charge < -0.3 is 13.9 Å². The SMILES string of the molecule is [2H]c1c([2H])c([2H])c(-c2cccc(-c3c([2H])c([2H])c([2H])c([2H])c3[2H])c2-[n+]2[c-]n(-c3[c-]c(Oc4[c-]c5c(cc4)c4cc(C(C)(C)C)ccc4n5-c4cc(C([2H])([2H])C(C)(C)c5ccccc5)ccn4)ccc3)c3cccc(C)c32)c([2H])c1[2H].[Pt]. The van der Waals surface area contributed by atoms with Gasteiger partial charge in [0.2, 0.25) is 0 Å². The monoisotopic (exact) mass is 1090 g/mol. The molecule has 8 aromatic carbocycles. The quantitative estimate of drug-likeness (QED) is 0.101. The van der Waals surface area contributed by atoms with Gasteiger partial charge in [-0.1, -0.05) is 179 Å². The van der Waals surface area contributed by atoms with Crippen molar-refractivity contribution in [1.82, 2.24) is 14.1 Å². The number of imidazole rings is 1. The van der Waals surface area contributed by atoms with E-state index >= 15 is 0 Å². The third kappa shape index (κ3) is 8.62. The summed E-state index contributed by atoms with van der Waals surface area (Å²) < 4.78 is 119. The van der Waals surface area contributed by atoms with Crippen molar-refractivity contribution in [3.63, 3.8) is 0 Å². The van der Waals surface area contributed by atoms with Crippen molar-refractivity contribution in [3.05, 3.63) is 235 Å². The molecule has 3 aromatic heterocycles. The van der Waals surface area contributed by atoms with E-state index in [1.807, 2.05) is 92.1 Å². The van der Waals surface area contributed by atoms with Gasteiger partial charge in [0.1, 0.15) is 5.82 Å². The van der Waals surface area contributed by atoms with Crippen molar-refractivity contribution in [3.8, 4) is 50.9 Å². The summed E-state index contributed by atoms with van der Waals surface area (Å²) in [7, 11) is 0. The van der Waals surface area contributed by atoms with Gasteiger partial charge in [-0.2, -0.15) is 18.2 Å². The smallest absolute Gasteiger partial charge is 0.268 e. The normalized spacial score (nSPS) is 14.5. The van der Waals surface area contributed by atoms with Crippen molar-refractivity contribution in [2.24, 2.45) is 0 Å². The van der Waals surface area contributed by atoms with Gasteiger partial charge in [0.15, 0.2) is 0 Å². The third-order valence-corrected chi connectivity index (χ3v) is 12.3. The fourth-order valence-corrected chi connectivity index (χ4v) is 8.96. The standard InChI is InChI=1S/C63H52N4O.Pt/c1-43-19-16-30-57-60(43)66(61-52(45-20-10-7-11-21-45)28-18-29-53(61)46-22-12-8-13-23-46)42-65(57)49-26-17-27-50(39-49)68-51-32-33-54-55-38-48(62(2,3)4)31-34-56(55)67(58(54)40-51)59-37-44(35-36-64-59)41-63(5,6)47-24-14-9-15-25-47;/h7-38H,41H2,1-6H3;/q-2;/i7D,8D,10D,11D,12D,13D,20D,21D,22D,23D,41D2;. The molecule has 0 atom stereocenters. The summed E-state index contributed by atoms with van der Waals surface area (Å²) in [5, 5.41) is 1.85. The molecule has 0 spiro atoms. The summed E-state index contributed by atoms with van der Waals surface area (Å²) in [5.41, 5.74) is 5.33. The molecule has 69 heavy (non-hydrogen) atoms. The molecule has 11 rings (SSSR count). The molecule has 0 bridgehead atoms.